The summed E-state index contributed by atoms with van der Waals surface area (Å²) in [4.78, 5) is 13.9. The fourth-order valence-electron chi connectivity index (χ4n) is 10.1. The van der Waals surface area contributed by atoms with Crippen LogP contribution in [0.1, 0.15) is 118 Å². The Morgan fingerprint density at radius 3 is 2.00 bits per heavy atom. The first kappa shape index (κ1) is 33.2. The van der Waals surface area contributed by atoms with E-state index < -0.39 is 23.5 Å². The molecule has 0 N–H and O–H groups in total. The van der Waals surface area contributed by atoms with E-state index in [9.17, 15) is 13.2 Å². The Labute approximate surface area is 264 Å². The van der Waals surface area contributed by atoms with Crippen molar-refractivity contribution in [3.63, 3.8) is 0 Å². The van der Waals surface area contributed by atoms with Gasteiger partial charge in [0.25, 0.3) is 0 Å². The van der Waals surface area contributed by atoms with E-state index >= 15 is 0 Å². The van der Waals surface area contributed by atoms with Gasteiger partial charge in [0.1, 0.15) is 6.10 Å². The largest absolute Gasteiger partial charge is 0.462 e. The highest BCUT2D eigenvalue weighted by Gasteiger charge is 2.67. The van der Waals surface area contributed by atoms with Gasteiger partial charge in [-0.05, 0) is 67.7 Å². The van der Waals surface area contributed by atoms with Crippen LogP contribution in [-0.2, 0) is 19.6 Å². The molecule has 242 valence electrons. The summed E-state index contributed by atoms with van der Waals surface area (Å²) in [5, 5.41) is 1.37. The zero-order valence-corrected chi connectivity index (χ0v) is 29.8. The fraction of sp³-hybridized carbons (Fsp3) is 0.806. The summed E-state index contributed by atoms with van der Waals surface area (Å²) in [6, 6.07) is 11.0. The summed E-state index contributed by atoms with van der Waals surface area (Å²) in [5.41, 5.74) is -0.444. The van der Waals surface area contributed by atoms with Crippen molar-refractivity contribution < 1.29 is 17.9 Å². The molecule has 1 aromatic carbocycles. The SMILES string of the molecule is CC(C)[C@@H](CC(=O)O[C@@H]1C[C@H]2CC[C@]1(CS(=O)(=O)N(C1CCCCC1)C1CCCCC1)C2(C)C)[Si](C)(C)c1ccccc1. The van der Waals surface area contributed by atoms with Crippen LogP contribution >= 0.6 is 0 Å². The molecule has 0 amide bonds. The lowest BCUT2D eigenvalue weighted by atomic mass is 9.69. The van der Waals surface area contributed by atoms with Crippen LogP contribution in [0.4, 0.5) is 0 Å². The number of sulfonamides is 1. The highest BCUT2D eigenvalue weighted by Crippen LogP contribution is 2.67. The van der Waals surface area contributed by atoms with Gasteiger partial charge < -0.3 is 4.74 Å². The molecule has 0 aliphatic heterocycles. The minimum Gasteiger partial charge on any atom is -0.462 e. The first-order chi connectivity index (χ1) is 20.3. The molecule has 2 bridgehead atoms. The lowest BCUT2D eigenvalue weighted by Gasteiger charge is -2.46. The Hall–Kier alpha value is -1.18. The quantitative estimate of drug-likeness (QED) is 0.184. The van der Waals surface area contributed by atoms with Crippen LogP contribution in [0.15, 0.2) is 30.3 Å². The van der Waals surface area contributed by atoms with Crippen molar-refractivity contribution in [1.82, 2.24) is 4.31 Å². The number of hydrogen-bond donors (Lipinski definition) is 0. The van der Waals surface area contributed by atoms with Crippen molar-refractivity contribution in [2.45, 2.75) is 154 Å². The number of rotatable bonds is 11. The van der Waals surface area contributed by atoms with Crippen LogP contribution in [0.3, 0.4) is 0 Å². The van der Waals surface area contributed by atoms with E-state index in [-0.39, 0.29) is 40.9 Å². The normalized spacial score (nSPS) is 29.3. The fourth-order valence-corrected chi connectivity index (χ4v) is 16.8. The average molecular weight is 630 g/mol. The average Bonchev–Trinajstić information content (AvgIpc) is 3.32. The predicted molar refractivity (Wildman–Crippen MR) is 180 cm³/mol. The van der Waals surface area contributed by atoms with Gasteiger partial charge in [0, 0.05) is 23.9 Å². The first-order valence-corrected chi connectivity index (χ1v) is 22.2. The maximum atomic E-state index is 14.7. The molecular weight excluding hydrogens is 571 g/mol. The van der Waals surface area contributed by atoms with Crippen LogP contribution in [0.25, 0.3) is 0 Å². The van der Waals surface area contributed by atoms with Gasteiger partial charge in [0.15, 0.2) is 0 Å². The summed E-state index contributed by atoms with van der Waals surface area (Å²) < 4.78 is 38.0. The molecule has 7 heteroatoms. The van der Waals surface area contributed by atoms with Crippen molar-refractivity contribution in [1.29, 1.82) is 0 Å². The van der Waals surface area contributed by atoms with Crippen LogP contribution < -0.4 is 5.19 Å². The summed E-state index contributed by atoms with van der Waals surface area (Å²) in [6.45, 7) is 13.7. The van der Waals surface area contributed by atoms with Crippen molar-refractivity contribution >= 4 is 29.3 Å². The molecule has 4 fully saturated rings. The number of hydrogen-bond acceptors (Lipinski definition) is 4. The summed E-state index contributed by atoms with van der Waals surface area (Å²) >= 11 is 0. The highest BCUT2D eigenvalue weighted by molar-refractivity contribution is 7.89. The smallest absolute Gasteiger partial charge is 0.306 e. The Kier molecular flexibility index (Phi) is 9.96. The minimum absolute atomic E-state index is 0.128. The number of fused-ring (bicyclic) bond motifs is 2. The van der Waals surface area contributed by atoms with E-state index in [2.05, 4.69) is 71.1 Å². The molecule has 4 atom stereocenters. The lowest BCUT2D eigenvalue weighted by Crippen LogP contribution is -2.54. The molecule has 43 heavy (non-hydrogen) atoms. The summed E-state index contributed by atoms with van der Waals surface area (Å²) in [7, 11) is -5.48. The first-order valence-electron chi connectivity index (χ1n) is 17.6. The molecule has 4 aliphatic rings. The van der Waals surface area contributed by atoms with E-state index in [1.165, 1.54) is 18.0 Å². The number of carbonyl (C=O) groups is 1. The second-order valence-electron chi connectivity index (χ2n) is 16.1. The van der Waals surface area contributed by atoms with Crippen molar-refractivity contribution in [3.05, 3.63) is 30.3 Å². The zero-order valence-electron chi connectivity index (χ0n) is 27.9. The van der Waals surface area contributed by atoms with Gasteiger partial charge in [-0.1, -0.05) is 115 Å². The van der Waals surface area contributed by atoms with E-state index in [0.717, 1.165) is 70.6 Å². The lowest BCUT2D eigenvalue weighted by molar-refractivity contribution is -0.157. The second-order valence-corrected chi connectivity index (χ2v) is 22.8. The van der Waals surface area contributed by atoms with Crippen molar-refractivity contribution in [2.75, 3.05) is 5.75 Å². The number of carbonyl (C=O) groups excluding carboxylic acids is 1. The molecule has 4 saturated carbocycles. The molecular formula is C36H59NO4SSi. The predicted octanol–water partition coefficient (Wildman–Crippen LogP) is 8.05. The molecule has 0 unspecified atom stereocenters. The molecule has 5 nitrogen and oxygen atoms in total. The Morgan fingerprint density at radius 1 is 0.930 bits per heavy atom. The van der Waals surface area contributed by atoms with Gasteiger partial charge in [0.2, 0.25) is 10.0 Å². The third kappa shape index (κ3) is 6.43. The van der Waals surface area contributed by atoms with Gasteiger partial charge in [-0.15, -0.1) is 0 Å². The summed E-state index contributed by atoms with van der Waals surface area (Å²) in [5.74, 6) is 0.762. The molecule has 0 saturated heterocycles. The maximum Gasteiger partial charge on any atom is 0.306 e. The van der Waals surface area contributed by atoms with Crippen LogP contribution in [0, 0.1) is 22.7 Å². The standard InChI is InChI=1S/C36H59NO4SSi/c1-27(2)32(43(5,6)31-20-14-9-15-21-31)25-34(38)41-33-24-28-22-23-36(33,35(28,3)4)26-42(39,40)37(29-16-10-7-11-17-29)30-18-12-8-13-19-30/h9,14-15,20-21,27-30,32-33H,7-8,10-13,16-19,22-26H2,1-6H3/t28-,32-,33-,36-/m1/s1. The molecule has 0 radical (unpaired) electrons. The molecule has 5 rings (SSSR count). The maximum absolute atomic E-state index is 14.7. The molecule has 0 heterocycles. The van der Waals surface area contributed by atoms with E-state index in [4.69, 9.17) is 4.74 Å². The second kappa shape index (κ2) is 12.9. The van der Waals surface area contributed by atoms with E-state index in [1.807, 2.05) is 4.31 Å². The Balaban J connectivity index is 1.38. The minimum atomic E-state index is -3.54. The third-order valence-corrected chi connectivity index (χ3v) is 19.6. The summed E-state index contributed by atoms with van der Waals surface area (Å²) in [6.07, 6.45) is 13.7. The molecule has 0 spiro atoms. The van der Waals surface area contributed by atoms with Gasteiger partial charge in [-0.3, -0.25) is 4.79 Å². The highest BCUT2D eigenvalue weighted by atomic mass is 32.2. The molecule has 1 aromatic rings. The Morgan fingerprint density at radius 2 is 1.49 bits per heavy atom. The topological polar surface area (TPSA) is 63.7 Å². The van der Waals surface area contributed by atoms with E-state index in [1.54, 1.807) is 0 Å². The molecule has 4 aliphatic carbocycles. The van der Waals surface area contributed by atoms with Crippen molar-refractivity contribution in [3.8, 4) is 0 Å². The molecule has 0 aromatic heterocycles. The number of ether oxygens (including phenoxy) is 1. The van der Waals surface area contributed by atoms with Gasteiger partial charge >= 0.3 is 5.97 Å². The third-order valence-electron chi connectivity index (χ3n) is 12.9. The van der Waals surface area contributed by atoms with Gasteiger partial charge in [0.05, 0.1) is 13.8 Å². The Bertz CT molecular complexity index is 1180. The van der Waals surface area contributed by atoms with Crippen molar-refractivity contribution in [2.24, 2.45) is 22.7 Å². The van der Waals surface area contributed by atoms with Gasteiger partial charge in [-0.2, -0.15) is 4.31 Å². The van der Waals surface area contributed by atoms with Crippen LogP contribution in [0.5, 0.6) is 0 Å². The van der Waals surface area contributed by atoms with Crippen LogP contribution in [0.2, 0.25) is 18.6 Å². The van der Waals surface area contributed by atoms with Crippen LogP contribution in [-0.4, -0.2) is 50.7 Å². The number of esters is 1. The number of benzene rings is 1. The monoisotopic (exact) mass is 629 g/mol. The zero-order chi connectivity index (χ0) is 31.0. The van der Waals surface area contributed by atoms with E-state index in [0.29, 0.717) is 18.3 Å². The number of nitrogens with zero attached hydrogens (tertiary/aromatic N) is 1. The van der Waals surface area contributed by atoms with Gasteiger partial charge in [-0.25, -0.2) is 8.42 Å².